The van der Waals surface area contributed by atoms with Gasteiger partial charge in [0.25, 0.3) is 0 Å². The number of amides is 1. The average Bonchev–Trinajstić information content (AvgIpc) is 3.24. The van der Waals surface area contributed by atoms with Crippen LogP contribution in [0.15, 0.2) is 18.5 Å². The Bertz CT molecular complexity index is 1090. The predicted octanol–water partition coefficient (Wildman–Crippen LogP) is 4.99. The van der Waals surface area contributed by atoms with E-state index in [9.17, 15) is 18.0 Å². The topological polar surface area (TPSA) is 71.3 Å². The SMILES string of the molecule is CC(C)c1cnc2c(NC3CCN(C[C@@H]4CN(C(=O)OC(C)(C)C)CCO4)CC3)cc(C(F)(F)F)cn12. The molecule has 1 atom stereocenters. The van der Waals surface area contributed by atoms with Crippen LogP contribution in [0.1, 0.15) is 64.6 Å². The first kappa shape index (κ1) is 27.5. The predicted molar refractivity (Wildman–Crippen MR) is 135 cm³/mol. The Kier molecular flexibility index (Phi) is 7.94. The number of carbonyl (C=O) groups is 1. The largest absolute Gasteiger partial charge is 0.444 e. The molecule has 0 unspecified atom stereocenters. The van der Waals surface area contributed by atoms with E-state index >= 15 is 0 Å². The van der Waals surface area contributed by atoms with Crippen LogP contribution < -0.4 is 5.32 Å². The molecule has 2 aromatic heterocycles. The Morgan fingerprint density at radius 3 is 2.54 bits per heavy atom. The highest BCUT2D eigenvalue weighted by Gasteiger charge is 2.33. The fourth-order valence-electron chi connectivity index (χ4n) is 4.88. The number of imidazole rings is 1. The van der Waals surface area contributed by atoms with E-state index < -0.39 is 17.3 Å². The molecule has 0 aliphatic carbocycles. The van der Waals surface area contributed by atoms with Gasteiger partial charge < -0.3 is 29.0 Å². The van der Waals surface area contributed by atoms with E-state index in [1.165, 1.54) is 6.07 Å². The van der Waals surface area contributed by atoms with Crippen molar-refractivity contribution in [1.82, 2.24) is 19.2 Å². The van der Waals surface area contributed by atoms with E-state index in [4.69, 9.17) is 9.47 Å². The number of alkyl halides is 3. The summed E-state index contributed by atoms with van der Waals surface area (Å²) in [6.45, 7) is 13.1. The van der Waals surface area contributed by atoms with Crippen molar-refractivity contribution in [1.29, 1.82) is 0 Å². The van der Waals surface area contributed by atoms with Crippen LogP contribution in [0, 0.1) is 0 Å². The number of likely N-dealkylation sites (tertiary alicyclic amines) is 1. The van der Waals surface area contributed by atoms with Gasteiger partial charge in [0.1, 0.15) is 5.60 Å². The first-order valence-corrected chi connectivity index (χ1v) is 13.0. The molecule has 4 heterocycles. The van der Waals surface area contributed by atoms with E-state index in [1.54, 1.807) is 15.5 Å². The maximum absolute atomic E-state index is 13.6. The van der Waals surface area contributed by atoms with Crippen molar-refractivity contribution in [3.05, 3.63) is 29.7 Å². The van der Waals surface area contributed by atoms with Crippen LogP contribution in [0.4, 0.5) is 23.7 Å². The van der Waals surface area contributed by atoms with Crippen molar-refractivity contribution in [2.45, 2.75) is 77.3 Å². The van der Waals surface area contributed by atoms with Crippen molar-refractivity contribution in [2.75, 3.05) is 44.6 Å². The van der Waals surface area contributed by atoms with Gasteiger partial charge >= 0.3 is 12.3 Å². The number of nitrogens with one attached hydrogen (secondary N) is 1. The summed E-state index contributed by atoms with van der Waals surface area (Å²) in [6, 6.07) is 1.20. The number of piperidine rings is 1. The minimum Gasteiger partial charge on any atom is -0.444 e. The molecule has 0 spiro atoms. The molecule has 4 rings (SSSR count). The summed E-state index contributed by atoms with van der Waals surface area (Å²) in [5.41, 5.74) is 0.425. The van der Waals surface area contributed by atoms with Crippen LogP contribution in [0.3, 0.4) is 0 Å². The fraction of sp³-hybridized carbons (Fsp3) is 0.692. The Hall–Kier alpha value is -2.53. The van der Waals surface area contributed by atoms with Crippen LogP contribution >= 0.6 is 0 Å². The number of carbonyl (C=O) groups excluding carboxylic acids is 1. The molecule has 2 saturated heterocycles. The molecule has 206 valence electrons. The summed E-state index contributed by atoms with van der Waals surface area (Å²) >= 11 is 0. The molecule has 2 fully saturated rings. The Balaban J connectivity index is 1.36. The molecule has 11 heteroatoms. The molecule has 0 radical (unpaired) electrons. The van der Waals surface area contributed by atoms with Gasteiger partial charge in [-0.25, -0.2) is 9.78 Å². The molecule has 2 aliphatic rings. The molecule has 2 aliphatic heterocycles. The second-order valence-electron chi connectivity index (χ2n) is 11.3. The molecular weight excluding hydrogens is 487 g/mol. The molecule has 1 N–H and O–H groups in total. The quantitative estimate of drug-likeness (QED) is 0.593. The minimum absolute atomic E-state index is 0.0354. The van der Waals surface area contributed by atoms with Gasteiger partial charge in [-0.2, -0.15) is 13.2 Å². The molecule has 2 aromatic rings. The van der Waals surface area contributed by atoms with Gasteiger partial charge in [0.05, 0.1) is 30.5 Å². The summed E-state index contributed by atoms with van der Waals surface area (Å²) < 4.78 is 53.9. The first-order valence-electron chi connectivity index (χ1n) is 13.0. The van der Waals surface area contributed by atoms with Crippen molar-refractivity contribution in [3.8, 4) is 0 Å². The minimum atomic E-state index is -4.44. The summed E-state index contributed by atoms with van der Waals surface area (Å²) in [5, 5.41) is 3.35. The zero-order valence-corrected chi connectivity index (χ0v) is 22.3. The lowest BCUT2D eigenvalue weighted by Gasteiger charge is -2.38. The molecule has 1 amide bonds. The number of pyridine rings is 1. The zero-order chi connectivity index (χ0) is 27.0. The van der Waals surface area contributed by atoms with Crippen molar-refractivity contribution in [3.63, 3.8) is 0 Å². The molecular formula is C26H38F3N5O3. The van der Waals surface area contributed by atoms with Crippen LogP contribution in [0.2, 0.25) is 0 Å². The number of morpholine rings is 1. The number of halogens is 3. The van der Waals surface area contributed by atoms with E-state index in [-0.39, 0.29) is 24.2 Å². The van der Waals surface area contributed by atoms with Crippen molar-refractivity contribution in [2.24, 2.45) is 0 Å². The smallest absolute Gasteiger partial charge is 0.417 e. The number of nitrogens with zero attached hydrogens (tertiary/aromatic N) is 4. The Morgan fingerprint density at radius 2 is 1.92 bits per heavy atom. The number of rotatable bonds is 5. The van der Waals surface area contributed by atoms with Crippen LogP contribution in [0.25, 0.3) is 5.65 Å². The molecule has 0 saturated carbocycles. The summed E-state index contributed by atoms with van der Waals surface area (Å²) in [5.74, 6) is 0.0443. The maximum atomic E-state index is 13.6. The Labute approximate surface area is 216 Å². The lowest BCUT2D eigenvalue weighted by atomic mass is 10.0. The van der Waals surface area contributed by atoms with Gasteiger partial charge in [-0.05, 0) is 45.6 Å². The van der Waals surface area contributed by atoms with Gasteiger partial charge in [0.15, 0.2) is 5.65 Å². The third kappa shape index (κ3) is 6.87. The number of hydrogen-bond acceptors (Lipinski definition) is 6. The second kappa shape index (κ2) is 10.7. The first-order chi connectivity index (χ1) is 17.3. The number of fused-ring (bicyclic) bond motifs is 1. The summed E-state index contributed by atoms with van der Waals surface area (Å²) in [6.07, 6.45) is -0.524. The number of aromatic nitrogens is 2. The lowest BCUT2D eigenvalue weighted by molar-refractivity contribution is -0.137. The highest BCUT2D eigenvalue weighted by molar-refractivity contribution is 5.70. The monoisotopic (exact) mass is 525 g/mol. The van der Waals surface area contributed by atoms with E-state index in [0.717, 1.165) is 37.8 Å². The van der Waals surface area contributed by atoms with Gasteiger partial charge in [0, 0.05) is 50.3 Å². The van der Waals surface area contributed by atoms with Gasteiger partial charge in [-0.1, -0.05) is 13.8 Å². The maximum Gasteiger partial charge on any atom is 0.417 e. The van der Waals surface area contributed by atoms with Gasteiger partial charge in [-0.15, -0.1) is 0 Å². The van der Waals surface area contributed by atoms with Crippen LogP contribution in [-0.4, -0.2) is 82.4 Å². The standard InChI is InChI=1S/C26H38F3N5O3/c1-17(2)22-13-30-23-21(12-18(14-34(22)23)26(27,28)29)31-19-6-8-32(9-7-19)15-20-16-33(10-11-36-20)24(35)37-25(3,4)5/h12-14,17,19-20,31H,6-11,15-16H2,1-5H3/t20-/m1/s1. The van der Waals surface area contributed by atoms with E-state index in [1.807, 2.05) is 34.6 Å². The zero-order valence-electron chi connectivity index (χ0n) is 22.3. The summed E-state index contributed by atoms with van der Waals surface area (Å²) in [7, 11) is 0. The number of anilines is 1. The van der Waals surface area contributed by atoms with Crippen molar-refractivity contribution >= 4 is 17.4 Å². The highest BCUT2D eigenvalue weighted by Crippen LogP contribution is 2.34. The molecule has 37 heavy (non-hydrogen) atoms. The third-order valence-corrected chi connectivity index (χ3v) is 6.75. The van der Waals surface area contributed by atoms with E-state index in [0.29, 0.717) is 37.6 Å². The molecule has 0 bridgehead atoms. The number of hydrogen-bond donors (Lipinski definition) is 1. The summed E-state index contributed by atoms with van der Waals surface area (Å²) in [4.78, 5) is 20.8. The fourth-order valence-corrected chi connectivity index (χ4v) is 4.88. The normalized spacial score (nSPS) is 20.6. The highest BCUT2D eigenvalue weighted by atomic mass is 19.4. The van der Waals surface area contributed by atoms with Crippen LogP contribution in [0.5, 0.6) is 0 Å². The lowest BCUT2D eigenvalue weighted by Crippen LogP contribution is -2.52. The van der Waals surface area contributed by atoms with E-state index in [2.05, 4.69) is 15.2 Å². The average molecular weight is 526 g/mol. The van der Waals surface area contributed by atoms with Gasteiger partial charge in [-0.3, -0.25) is 0 Å². The second-order valence-corrected chi connectivity index (χ2v) is 11.3. The number of ether oxygens (including phenoxy) is 2. The molecule has 0 aromatic carbocycles. The van der Waals surface area contributed by atoms with Crippen LogP contribution in [-0.2, 0) is 15.7 Å². The third-order valence-electron chi connectivity index (χ3n) is 6.75. The van der Waals surface area contributed by atoms with Crippen molar-refractivity contribution < 1.29 is 27.4 Å². The Morgan fingerprint density at radius 1 is 1.22 bits per heavy atom. The van der Waals surface area contributed by atoms with Gasteiger partial charge in [0.2, 0.25) is 0 Å². The molecule has 8 nitrogen and oxygen atoms in total.